The predicted octanol–water partition coefficient (Wildman–Crippen LogP) is 7.14. The van der Waals surface area contributed by atoms with Crippen LogP contribution >= 0.6 is 45.9 Å². The maximum absolute atomic E-state index is 6.43. The molecular weight excluding hydrogens is 391 g/mol. The molecule has 0 aliphatic carbocycles. The lowest BCUT2D eigenvalue weighted by Gasteiger charge is -2.23. The van der Waals surface area contributed by atoms with E-state index in [1.165, 1.54) is 9.75 Å². The van der Waals surface area contributed by atoms with Gasteiger partial charge < -0.3 is 0 Å². The van der Waals surface area contributed by atoms with Gasteiger partial charge in [0.05, 0.1) is 22.5 Å². The zero-order valence-corrected chi connectivity index (χ0v) is 16.2. The van der Waals surface area contributed by atoms with Crippen molar-refractivity contribution in [1.82, 2.24) is 0 Å². The molecule has 4 rings (SSSR count). The lowest BCUT2D eigenvalue weighted by molar-refractivity contribution is 0.722. The van der Waals surface area contributed by atoms with Crippen molar-refractivity contribution < 1.29 is 0 Å². The van der Waals surface area contributed by atoms with Crippen LogP contribution in [0.2, 0.25) is 10.0 Å². The van der Waals surface area contributed by atoms with Gasteiger partial charge in [-0.2, -0.15) is 5.10 Å². The van der Waals surface area contributed by atoms with Gasteiger partial charge in [-0.15, -0.1) is 22.7 Å². The van der Waals surface area contributed by atoms with Crippen LogP contribution in [0.15, 0.2) is 64.4 Å². The van der Waals surface area contributed by atoms with E-state index in [0.29, 0.717) is 10.0 Å². The number of benzene rings is 1. The van der Waals surface area contributed by atoms with Gasteiger partial charge in [0.15, 0.2) is 0 Å². The van der Waals surface area contributed by atoms with Crippen LogP contribution < -0.4 is 5.01 Å². The fourth-order valence-electron chi connectivity index (χ4n) is 2.79. The monoisotopic (exact) mass is 404 g/mol. The van der Waals surface area contributed by atoms with Crippen molar-refractivity contribution in [3.8, 4) is 0 Å². The molecule has 1 aromatic carbocycles. The summed E-state index contributed by atoms with van der Waals surface area (Å²) < 4.78 is 0. The van der Waals surface area contributed by atoms with E-state index in [1.54, 1.807) is 28.7 Å². The number of rotatable bonds is 4. The highest BCUT2D eigenvalue weighted by atomic mass is 35.5. The van der Waals surface area contributed by atoms with Crippen molar-refractivity contribution >= 4 is 63.4 Å². The van der Waals surface area contributed by atoms with E-state index < -0.39 is 0 Å². The normalized spacial score (nSPS) is 17.4. The van der Waals surface area contributed by atoms with Crippen molar-refractivity contribution in [3.63, 3.8) is 0 Å². The summed E-state index contributed by atoms with van der Waals surface area (Å²) in [7, 11) is 0. The highest BCUT2D eigenvalue weighted by molar-refractivity contribution is 7.11. The van der Waals surface area contributed by atoms with E-state index in [4.69, 9.17) is 28.3 Å². The van der Waals surface area contributed by atoms with Crippen LogP contribution in [0.5, 0.6) is 0 Å². The van der Waals surface area contributed by atoms with Gasteiger partial charge in [0, 0.05) is 21.2 Å². The zero-order chi connectivity index (χ0) is 17.2. The highest BCUT2D eigenvalue weighted by Gasteiger charge is 2.30. The number of thiophene rings is 2. The molecule has 3 aromatic rings. The van der Waals surface area contributed by atoms with Crippen LogP contribution in [-0.2, 0) is 0 Å². The molecule has 1 aliphatic heterocycles. The van der Waals surface area contributed by atoms with Crippen LogP contribution in [0.3, 0.4) is 0 Å². The van der Waals surface area contributed by atoms with E-state index in [9.17, 15) is 0 Å². The van der Waals surface area contributed by atoms with Crippen molar-refractivity contribution in [1.29, 1.82) is 0 Å². The van der Waals surface area contributed by atoms with Crippen LogP contribution in [0.4, 0.5) is 5.69 Å². The van der Waals surface area contributed by atoms with Gasteiger partial charge in [0.25, 0.3) is 0 Å². The SMILES string of the molecule is Clc1ccc(N2N=C(C=Cc3cccs3)CC2c2cccs2)c(Cl)c1. The third kappa shape index (κ3) is 3.67. The Morgan fingerprint density at radius 2 is 1.88 bits per heavy atom. The van der Waals surface area contributed by atoms with Gasteiger partial charge in [-0.3, -0.25) is 5.01 Å². The number of halogens is 2. The summed E-state index contributed by atoms with van der Waals surface area (Å²) in [5.41, 5.74) is 1.92. The molecule has 1 aliphatic rings. The maximum Gasteiger partial charge on any atom is 0.0924 e. The number of hydrazone groups is 1. The summed E-state index contributed by atoms with van der Waals surface area (Å²) in [4.78, 5) is 2.49. The molecule has 6 heteroatoms. The van der Waals surface area contributed by atoms with Gasteiger partial charge in [0.2, 0.25) is 0 Å². The second kappa shape index (κ2) is 7.34. The third-order valence-electron chi connectivity index (χ3n) is 3.95. The smallest absolute Gasteiger partial charge is 0.0924 e. The Kier molecular flexibility index (Phi) is 4.95. The summed E-state index contributed by atoms with van der Waals surface area (Å²) in [6.45, 7) is 0. The first kappa shape index (κ1) is 16.9. The molecule has 1 atom stereocenters. The molecule has 0 saturated carbocycles. The highest BCUT2D eigenvalue weighted by Crippen LogP contribution is 2.41. The van der Waals surface area contributed by atoms with Crippen LogP contribution in [-0.4, -0.2) is 5.71 Å². The molecule has 2 nitrogen and oxygen atoms in total. The molecule has 0 bridgehead atoms. The van der Waals surface area contributed by atoms with E-state index in [2.05, 4.69) is 47.2 Å². The largest absolute Gasteiger partial charge is 0.255 e. The summed E-state index contributed by atoms with van der Waals surface area (Å²) in [6.07, 6.45) is 5.06. The van der Waals surface area contributed by atoms with Crippen LogP contribution in [0.25, 0.3) is 6.08 Å². The number of hydrogen-bond donors (Lipinski definition) is 0. The number of hydrogen-bond acceptors (Lipinski definition) is 4. The van der Waals surface area contributed by atoms with Gasteiger partial charge >= 0.3 is 0 Å². The maximum atomic E-state index is 6.43. The van der Waals surface area contributed by atoms with E-state index in [-0.39, 0.29) is 6.04 Å². The molecular formula is C19H14Cl2N2S2. The summed E-state index contributed by atoms with van der Waals surface area (Å²) in [5.74, 6) is 0. The number of anilines is 1. The predicted molar refractivity (Wildman–Crippen MR) is 111 cm³/mol. The van der Waals surface area contributed by atoms with Crippen LogP contribution in [0, 0.1) is 0 Å². The zero-order valence-electron chi connectivity index (χ0n) is 13.1. The summed E-state index contributed by atoms with van der Waals surface area (Å²) >= 11 is 15.9. The van der Waals surface area contributed by atoms with Gasteiger partial charge in [-0.05, 0) is 53.2 Å². The Labute approximate surface area is 164 Å². The average molecular weight is 405 g/mol. The Morgan fingerprint density at radius 3 is 2.60 bits per heavy atom. The lowest BCUT2D eigenvalue weighted by Crippen LogP contribution is -2.17. The second-order valence-corrected chi connectivity index (χ2v) is 8.42. The molecule has 3 heterocycles. The van der Waals surface area contributed by atoms with Crippen molar-refractivity contribution in [2.45, 2.75) is 12.5 Å². The van der Waals surface area contributed by atoms with Crippen LogP contribution in [0.1, 0.15) is 22.2 Å². The third-order valence-corrected chi connectivity index (χ3v) is 6.29. The Bertz CT molecular complexity index is 915. The second-order valence-electron chi connectivity index (χ2n) is 5.62. The van der Waals surface area contributed by atoms with Crippen molar-refractivity contribution in [3.05, 3.63) is 79.1 Å². The van der Waals surface area contributed by atoms with Crippen molar-refractivity contribution in [2.75, 3.05) is 5.01 Å². The first-order chi connectivity index (χ1) is 12.2. The number of nitrogens with zero attached hydrogens (tertiary/aromatic N) is 2. The topological polar surface area (TPSA) is 15.6 Å². The van der Waals surface area contributed by atoms with E-state index in [0.717, 1.165) is 17.8 Å². The lowest BCUT2D eigenvalue weighted by atomic mass is 10.1. The fraction of sp³-hybridized carbons (Fsp3) is 0.105. The minimum Gasteiger partial charge on any atom is -0.255 e. The Morgan fingerprint density at radius 1 is 1.04 bits per heavy atom. The summed E-state index contributed by atoms with van der Waals surface area (Å²) in [6, 6.07) is 14.1. The molecule has 0 spiro atoms. The standard InChI is InChI=1S/C19H14Cl2N2S2/c20-13-5-8-17(16(21)11-13)23-18(19-4-2-10-25-19)12-14(22-23)6-7-15-3-1-9-24-15/h1-11,18H,12H2. The minimum absolute atomic E-state index is 0.154. The van der Waals surface area contributed by atoms with Gasteiger partial charge in [-0.1, -0.05) is 35.3 Å². The quantitative estimate of drug-likeness (QED) is 0.451. The van der Waals surface area contributed by atoms with E-state index in [1.807, 2.05) is 17.1 Å². The van der Waals surface area contributed by atoms with Crippen molar-refractivity contribution in [2.24, 2.45) is 5.10 Å². The van der Waals surface area contributed by atoms with Gasteiger partial charge in [-0.25, -0.2) is 0 Å². The molecule has 0 fully saturated rings. The molecule has 0 N–H and O–H groups in total. The number of allylic oxidation sites excluding steroid dienone is 1. The Balaban J connectivity index is 1.68. The first-order valence-corrected chi connectivity index (χ1v) is 10.3. The average Bonchev–Trinajstić information content (AvgIpc) is 3.34. The minimum atomic E-state index is 0.154. The molecule has 0 amide bonds. The van der Waals surface area contributed by atoms with E-state index >= 15 is 0 Å². The summed E-state index contributed by atoms with van der Waals surface area (Å²) in [5, 5.41) is 12.3. The van der Waals surface area contributed by atoms with Gasteiger partial charge in [0.1, 0.15) is 0 Å². The molecule has 1 unspecified atom stereocenters. The molecule has 2 aromatic heterocycles. The molecule has 0 saturated heterocycles. The first-order valence-electron chi connectivity index (χ1n) is 7.77. The molecule has 0 radical (unpaired) electrons. The fourth-order valence-corrected chi connectivity index (χ4v) is 4.71. The Hall–Kier alpha value is -1.59. The molecule has 25 heavy (non-hydrogen) atoms. The molecule has 126 valence electrons.